The van der Waals surface area contributed by atoms with Crippen molar-refractivity contribution < 1.29 is 14.3 Å². The standard InChI is InChI=1S/C21H24N2O3/c1-4-11-22-20(24)19-13-23(17-7-5-6-8-18(17)26-19)21(25)16-10-9-14(2)15(3)12-16/h5-10,12,19H,4,11,13H2,1-3H3,(H,22,24)/t19-/m1/s1. The average molecular weight is 352 g/mol. The molecule has 2 aromatic carbocycles. The van der Waals surface area contributed by atoms with E-state index in [1.54, 1.807) is 11.0 Å². The molecule has 1 aliphatic heterocycles. The van der Waals surface area contributed by atoms with Crippen molar-refractivity contribution in [2.75, 3.05) is 18.0 Å². The number of hydrogen-bond acceptors (Lipinski definition) is 3. The van der Waals surface area contributed by atoms with Crippen molar-refractivity contribution >= 4 is 17.5 Å². The predicted molar refractivity (Wildman–Crippen MR) is 102 cm³/mol. The lowest BCUT2D eigenvalue weighted by Gasteiger charge is -2.34. The molecule has 0 unspecified atom stereocenters. The Morgan fingerprint density at radius 3 is 2.65 bits per heavy atom. The molecule has 0 saturated heterocycles. The van der Waals surface area contributed by atoms with Gasteiger partial charge in [-0.3, -0.25) is 9.59 Å². The highest BCUT2D eigenvalue weighted by Gasteiger charge is 2.34. The molecule has 2 aromatic rings. The van der Waals surface area contributed by atoms with Crippen LogP contribution < -0.4 is 15.0 Å². The quantitative estimate of drug-likeness (QED) is 0.919. The van der Waals surface area contributed by atoms with E-state index in [4.69, 9.17) is 4.74 Å². The minimum absolute atomic E-state index is 0.128. The van der Waals surface area contributed by atoms with Gasteiger partial charge in [0.25, 0.3) is 11.8 Å². The zero-order chi connectivity index (χ0) is 18.7. The SMILES string of the molecule is CCCNC(=O)[C@H]1CN(C(=O)c2ccc(C)c(C)c2)c2ccccc2O1. The second kappa shape index (κ2) is 7.60. The minimum Gasteiger partial charge on any atom is -0.477 e. The van der Waals surface area contributed by atoms with Crippen molar-refractivity contribution in [3.8, 4) is 5.75 Å². The van der Waals surface area contributed by atoms with Crippen molar-refractivity contribution in [1.29, 1.82) is 0 Å². The molecule has 1 aliphatic rings. The molecule has 0 radical (unpaired) electrons. The number of rotatable bonds is 4. The van der Waals surface area contributed by atoms with E-state index >= 15 is 0 Å². The van der Waals surface area contributed by atoms with Crippen molar-refractivity contribution in [1.82, 2.24) is 5.32 Å². The van der Waals surface area contributed by atoms with Gasteiger partial charge in [0, 0.05) is 12.1 Å². The molecular formula is C21H24N2O3. The Morgan fingerprint density at radius 1 is 1.15 bits per heavy atom. The first-order chi connectivity index (χ1) is 12.5. The molecule has 0 fully saturated rings. The predicted octanol–water partition coefficient (Wildman–Crippen LogP) is 3.24. The Kier molecular flexibility index (Phi) is 5.26. The Morgan fingerprint density at radius 2 is 1.92 bits per heavy atom. The average Bonchev–Trinajstić information content (AvgIpc) is 2.66. The molecule has 3 rings (SSSR count). The lowest BCUT2D eigenvalue weighted by molar-refractivity contribution is -0.127. The van der Waals surface area contributed by atoms with Crippen LogP contribution >= 0.6 is 0 Å². The van der Waals surface area contributed by atoms with Crippen LogP contribution in [0.4, 0.5) is 5.69 Å². The summed E-state index contributed by atoms with van der Waals surface area (Å²) in [6, 6.07) is 13.0. The third-order valence-corrected chi connectivity index (χ3v) is 4.61. The maximum Gasteiger partial charge on any atom is 0.262 e. The topological polar surface area (TPSA) is 58.6 Å². The molecule has 5 nitrogen and oxygen atoms in total. The first-order valence-electron chi connectivity index (χ1n) is 8.93. The summed E-state index contributed by atoms with van der Waals surface area (Å²) in [6.07, 6.45) is 0.132. The van der Waals surface area contributed by atoms with Crippen LogP contribution in [0.25, 0.3) is 0 Å². The van der Waals surface area contributed by atoms with Gasteiger partial charge in [-0.15, -0.1) is 0 Å². The number of nitrogens with zero attached hydrogens (tertiary/aromatic N) is 1. The Bertz CT molecular complexity index is 832. The number of fused-ring (bicyclic) bond motifs is 1. The summed E-state index contributed by atoms with van der Waals surface area (Å²) >= 11 is 0. The van der Waals surface area contributed by atoms with Gasteiger partial charge >= 0.3 is 0 Å². The van der Waals surface area contributed by atoms with Crippen LogP contribution in [0, 0.1) is 13.8 Å². The molecular weight excluding hydrogens is 328 g/mol. The molecule has 0 aliphatic carbocycles. The van der Waals surface area contributed by atoms with Crippen LogP contribution in [0.5, 0.6) is 5.75 Å². The number of hydrogen-bond donors (Lipinski definition) is 1. The molecule has 0 aromatic heterocycles. The number of carbonyl (C=O) groups excluding carboxylic acids is 2. The summed E-state index contributed by atoms with van der Waals surface area (Å²) in [5.74, 6) is 0.226. The number of benzene rings is 2. The first-order valence-corrected chi connectivity index (χ1v) is 8.93. The molecule has 0 spiro atoms. The molecule has 1 atom stereocenters. The van der Waals surface area contributed by atoms with Crippen LogP contribution in [-0.4, -0.2) is 31.0 Å². The van der Waals surface area contributed by atoms with Gasteiger partial charge in [0.1, 0.15) is 5.75 Å². The Labute approximate surface area is 154 Å². The smallest absolute Gasteiger partial charge is 0.262 e. The van der Waals surface area contributed by atoms with E-state index in [-0.39, 0.29) is 18.4 Å². The molecule has 1 N–H and O–H groups in total. The normalized spacial score (nSPS) is 15.8. The molecule has 0 saturated carbocycles. The fourth-order valence-electron chi connectivity index (χ4n) is 2.96. The molecule has 0 bridgehead atoms. The lowest BCUT2D eigenvalue weighted by atomic mass is 10.0. The van der Waals surface area contributed by atoms with Gasteiger partial charge in [-0.05, 0) is 55.7 Å². The van der Waals surface area contributed by atoms with Crippen LogP contribution in [0.2, 0.25) is 0 Å². The molecule has 1 heterocycles. The maximum atomic E-state index is 13.1. The van der Waals surface area contributed by atoms with Crippen molar-refractivity contribution in [3.63, 3.8) is 0 Å². The summed E-state index contributed by atoms with van der Waals surface area (Å²) in [4.78, 5) is 27.2. The third-order valence-electron chi connectivity index (χ3n) is 4.61. The first kappa shape index (κ1) is 18.0. The summed E-state index contributed by atoms with van der Waals surface area (Å²) in [7, 11) is 0. The van der Waals surface area contributed by atoms with Crippen LogP contribution in [-0.2, 0) is 4.79 Å². The highest BCUT2D eigenvalue weighted by molar-refractivity contribution is 6.08. The van der Waals surface area contributed by atoms with Gasteiger partial charge in [0.05, 0.1) is 12.2 Å². The number of carbonyl (C=O) groups is 2. The van der Waals surface area contributed by atoms with E-state index in [1.165, 1.54) is 0 Å². The van der Waals surface area contributed by atoms with Gasteiger partial charge < -0.3 is 15.0 Å². The van der Waals surface area contributed by atoms with Crippen LogP contribution in [0.1, 0.15) is 34.8 Å². The van der Waals surface area contributed by atoms with E-state index in [1.807, 2.05) is 57.2 Å². The second-order valence-corrected chi connectivity index (χ2v) is 6.58. The fraction of sp³-hybridized carbons (Fsp3) is 0.333. The van der Waals surface area contributed by atoms with Crippen molar-refractivity contribution in [2.45, 2.75) is 33.3 Å². The zero-order valence-electron chi connectivity index (χ0n) is 15.4. The fourth-order valence-corrected chi connectivity index (χ4v) is 2.96. The van der Waals surface area contributed by atoms with Gasteiger partial charge in [-0.25, -0.2) is 0 Å². The molecule has 26 heavy (non-hydrogen) atoms. The maximum absolute atomic E-state index is 13.1. The summed E-state index contributed by atoms with van der Waals surface area (Å²) in [5, 5.41) is 2.85. The summed E-state index contributed by atoms with van der Waals surface area (Å²) in [5.41, 5.74) is 3.50. The number of para-hydroxylation sites is 2. The molecule has 136 valence electrons. The lowest BCUT2D eigenvalue weighted by Crippen LogP contribution is -2.50. The van der Waals surface area contributed by atoms with Crippen molar-refractivity contribution in [2.24, 2.45) is 0 Å². The molecule has 5 heteroatoms. The summed E-state index contributed by atoms with van der Waals surface area (Å²) in [6.45, 7) is 6.78. The minimum atomic E-state index is -0.716. The second-order valence-electron chi connectivity index (χ2n) is 6.58. The van der Waals surface area contributed by atoms with Crippen LogP contribution in [0.3, 0.4) is 0 Å². The van der Waals surface area contributed by atoms with E-state index < -0.39 is 6.10 Å². The van der Waals surface area contributed by atoms with E-state index in [0.717, 1.165) is 17.5 Å². The highest BCUT2D eigenvalue weighted by atomic mass is 16.5. The van der Waals surface area contributed by atoms with E-state index in [9.17, 15) is 9.59 Å². The number of nitrogens with one attached hydrogen (secondary N) is 1. The van der Waals surface area contributed by atoms with Gasteiger partial charge in [-0.1, -0.05) is 25.1 Å². The largest absolute Gasteiger partial charge is 0.477 e. The zero-order valence-corrected chi connectivity index (χ0v) is 15.4. The number of aryl methyl sites for hydroxylation is 2. The van der Waals surface area contributed by atoms with E-state index in [0.29, 0.717) is 23.5 Å². The monoisotopic (exact) mass is 352 g/mol. The third kappa shape index (κ3) is 3.57. The summed E-state index contributed by atoms with van der Waals surface area (Å²) < 4.78 is 5.84. The van der Waals surface area contributed by atoms with Gasteiger partial charge in [-0.2, -0.15) is 0 Å². The Balaban J connectivity index is 1.92. The number of ether oxygens (including phenoxy) is 1. The number of anilines is 1. The highest BCUT2D eigenvalue weighted by Crippen LogP contribution is 2.34. The van der Waals surface area contributed by atoms with Gasteiger partial charge in [0.15, 0.2) is 6.10 Å². The van der Waals surface area contributed by atoms with Gasteiger partial charge in [0.2, 0.25) is 0 Å². The van der Waals surface area contributed by atoms with Crippen molar-refractivity contribution in [3.05, 3.63) is 59.2 Å². The number of amides is 2. The van der Waals surface area contributed by atoms with Crippen LogP contribution in [0.15, 0.2) is 42.5 Å². The Hall–Kier alpha value is -2.82. The molecule has 2 amide bonds. The van der Waals surface area contributed by atoms with E-state index in [2.05, 4.69) is 5.32 Å².